The summed E-state index contributed by atoms with van der Waals surface area (Å²) in [4.78, 5) is 33.1. The van der Waals surface area contributed by atoms with Crippen LogP contribution in [0.4, 0.5) is 19.7 Å². The Hall–Kier alpha value is -4.40. The molecule has 48 heavy (non-hydrogen) atoms. The molecule has 9 rings (SSSR count). The van der Waals surface area contributed by atoms with Gasteiger partial charge in [0.05, 0.1) is 46.9 Å². The van der Waals surface area contributed by atoms with Gasteiger partial charge in [0.15, 0.2) is 10.9 Å². The molecule has 4 aliphatic heterocycles. The standard InChI is InChI=1S/C34H34F2N8O3S/c35-22-4-3-19(29-30(22)48-32(38)39-29)26-20(18-6-12-46-16-18)13-21-28(27(26)36)40-33(47-17-34-7-1-9-42(34)10-2-8-34)41-31(21)44-15-24-23(44)5-11-43(24)25(45)14-37/h3-4,6,12-13,16,23-24H,1-2,5,7-11,14-15,17,37H2,(H2,38,39)/t23-,24-/m1/s1. The van der Waals surface area contributed by atoms with Crippen LogP contribution in [0, 0.1) is 11.6 Å². The van der Waals surface area contributed by atoms with Gasteiger partial charge < -0.3 is 30.4 Å². The number of benzene rings is 2. The Morgan fingerprint density at radius 2 is 1.90 bits per heavy atom. The highest BCUT2D eigenvalue weighted by atomic mass is 32.1. The number of aromatic nitrogens is 3. The molecule has 4 saturated heterocycles. The molecule has 4 fully saturated rings. The quantitative estimate of drug-likeness (QED) is 0.248. The number of nitrogens with zero attached hydrogens (tertiary/aromatic N) is 6. The SMILES string of the molecule is NCC(=O)N1CC[C@@H]2[C@H]1CN2c1nc(OCC23CCCN2CCC3)nc2c(F)c(-c3ccc(F)c4sc(N)nc34)c(-c3ccoc3)cc12. The first-order valence-corrected chi connectivity index (χ1v) is 17.2. The Morgan fingerprint density at radius 1 is 1.06 bits per heavy atom. The summed E-state index contributed by atoms with van der Waals surface area (Å²) in [5, 5.41) is 0.681. The largest absolute Gasteiger partial charge is 0.472 e. The van der Waals surface area contributed by atoms with Crippen molar-refractivity contribution in [3.8, 4) is 28.3 Å². The minimum atomic E-state index is -0.610. The first kappa shape index (κ1) is 29.7. The second kappa shape index (κ2) is 11.1. The minimum absolute atomic E-state index is 0.0000162. The molecule has 14 heteroatoms. The summed E-state index contributed by atoms with van der Waals surface area (Å²) >= 11 is 1.02. The van der Waals surface area contributed by atoms with Crippen molar-refractivity contribution in [3.63, 3.8) is 0 Å². The second-order valence-corrected chi connectivity index (χ2v) is 14.3. The zero-order chi connectivity index (χ0) is 32.7. The van der Waals surface area contributed by atoms with Gasteiger partial charge >= 0.3 is 6.01 Å². The molecule has 0 radical (unpaired) electrons. The highest BCUT2D eigenvalue weighted by Crippen LogP contribution is 2.47. The number of rotatable bonds is 7. The van der Waals surface area contributed by atoms with Gasteiger partial charge in [-0.1, -0.05) is 11.3 Å². The molecule has 0 unspecified atom stereocenters. The van der Waals surface area contributed by atoms with Gasteiger partial charge in [0.2, 0.25) is 5.91 Å². The average Bonchev–Trinajstić information content (AvgIpc) is 3.90. The third-order valence-corrected chi connectivity index (χ3v) is 11.7. The van der Waals surface area contributed by atoms with Crippen molar-refractivity contribution >= 4 is 49.3 Å². The molecular formula is C34H34F2N8O3S. The van der Waals surface area contributed by atoms with Gasteiger partial charge in [-0.05, 0) is 75.0 Å². The molecule has 4 aliphatic rings. The summed E-state index contributed by atoms with van der Waals surface area (Å²) in [7, 11) is 0. The normalized spacial score (nSPS) is 21.6. The number of furan rings is 1. The van der Waals surface area contributed by atoms with Crippen molar-refractivity contribution in [2.45, 2.75) is 49.7 Å². The number of amides is 1. The molecular weight excluding hydrogens is 638 g/mol. The zero-order valence-electron chi connectivity index (χ0n) is 26.1. The maximum atomic E-state index is 17.4. The Morgan fingerprint density at radius 3 is 2.67 bits per heavy atom. The Bertz CT molecular complexity index is 2080. The predicted octanol–water partition coefficient (Wildman–Crippen LogP) is 4.78. The van der Waals surface area contributed by atoms with Gasteiger partial charge in [-0.15, -0.1) is 0 Å². The number of anilines is 2. The van der Waals surface area contributed by atoms with Crippen LogP contribution in [0.5, 0.6) is 6.01 Å². The van der Waals surface area contributed by atoms with Crippen LogP contribution >= 0.6 is 11.3 Å². The Labute approximate surface area is 278 Å². The fourth-order valence-electron chi connectivity index (χ4n) is 8.53. The maximum Gasteiger partial charge on any atom is 0.319 e. The number of nitrogen functional groups attached to an aromatic ring is 1. The van der Waals surface area contributed by atoms with E-state index in [0.717, 1.165) is 56.5 Å². The second-order valence-electron chi connectivity index (χ2n) is 13.3. The lowest BCUT2D eigenvalue weighted by molar-refractivity contribution is -0.131. The Balaban J connectivity index is 1.23. The van der Waals surface area contributed by atoms with E-state index in [1.165, 1.54) is 18.4 Å². The highest BCUT2D eigenvalue weighted by molar-refractivity contribution is 7.22. The van der Waals surface area contributed by atoms with E-state index in [1.807, 2.05) is 11.0 Å². The van der Waals surface area contributed by atoms with Gasteiger partial charge in [-0.25, -0.2) is 13.8 Å². The number of carbonyl (C=O) groups excluding carboxylic acids is 1. The fraction of sp³-hybridized carbons (Fsp3) is 0.412. The smallest absolute Gasteiger partial charge is 0.319 e. The summed E-state index contributed by atoms with van der Waals surface area (Å²) < 4.78 is 44.4. The van der Waals surface area contributed by atoms with Crippen LogP contribution in [0.2, 0.25) is 0 Å². The van der Waals surface area contributed by atoms with Crippen LogP contribution in [0.3, 0.4) is 0 Å². The molecule has 7 heterocycles. The number of hydrogen-bond donors (Lipinski definition) is 2. The van der Waals surface area contributed by atoms with Gasteiger partial charge in [-0.3, -0.25) is 9.69 Å². The molecule has 2 atom stereocenters. The molecule has 2 aromatic carbocycles. The molecule has 0 bridgehead atoms. The monoisotopic (exact) mass is 672 g/mol. The van der Waals surface area contributed by atoms with E-state index in [1.54, 1.807) is 12.3 Å². The zero-order valence-corrected chi connectivity index (χ0v) is 26.9. The van der Waals surface area contributed by atoms with Crippen LogP contribution < -0.4 is 21.1 Å². The number of nitrogens with two attached hydrogens (primary N) is 2. The number of likely N-dealkylation sites (tertiary alicyclic amines) is 1. The summed E-state index contributed by atoms with van der Waals surface area (Å²) in [6.45, 7) is 3.60. The molecule has 248 valence electrons. The summed E-state index contributed by atoms with van der Waals surface area (Å²) in [6.07, 6.45) is 8.11. The number of thiazole rings is 1. The summed E-state index contributed by atoms with van der Waals surface area (Å²) in [5.74, 6) is -0.626. The van der Waals surface area contributed by atoms with Gasteiger partial charge in [0, 0.05) is 35.2 Å². The van der Waals surface area contributed by atoms with Crippen LogP contribution in [-0.2, 0) is 4.79 Å². The minimum Gasteiger partial charge on any atom is -0.472 e. The molecule has 4 N–H and O–H groups in total. The van der Waals surface area contributed by atoms with Crippen molar-refractivity contribution in [2.75, 3.05) is 50.0 Å². The lowest BCUT2D eigenvalue weighted by Gasteiger charge is -2.47. The van der Waals surface area contributed by atoms with Crippen molar-refractivity contribution in [1.29, 1.82) is 0 Å². The number of halogens is 2. The van der Waals surface area contributed by atoms with Crippen molar-refractivity contribution in [3.05, 3.63) is 48.4 Å². The van der Waals surface area contributed by atoms with Crippen molar-refractivity contribution in [2.24, 2.45) is 5.73 Å². The summed E-state index contributed by atoms with van der Waals surface area (Å²) in [6, 6.07) is 6.55. The molecule has 0 saturated carbocycles. The number of carbonyl (C=O) groups is 1. The van der Waals surface area contributed by atoms with Crippen molar-refractivity contribution in [1.82, 2.24) is 24.8 Å². The average molecular weight is 673 g/mol. The van der Waals surface area contributed by atoms with E-state index in [4.69, 9.17) is 30.6 Å². The topological polar surface area (TPSA) is 140 Å². The van der Waals surface area contributed by atoms with Crippen LogP contribution in [0.15, 0.2) is 41.2 Å². The highest BCUT2D eigenvalue weighted by Gasteiger charge is 2.50. The van der Waals surface area contributed by atoms with Crippen LogP contribution in [0.25, 0.3) is 43.4 Å². The van der Waals surface area contributed by atoms with E-state index in [0.29, 0.717) is 47.6 Å². The number of hydrogen-bond acceptors (Lipinski definition) is 11. The fourth-order valence-corrected chi connectivity index (χ4v) is 9.29. The summed E-state index contributed by atoms with van der Waals surface area (Å²) in [5.41, 5.74) is 13.8. The molecule has 3 aromatic heterocycles. The van der Waals surface area contributed by atoms with Gasteiger partial charge in [-0.2, -0.15) is 9.97 Å². The maximum absolute atomic E-state index is 17.4. The van der Waals surface area contributed by atoms with E-state index in [-0.39, 0.29) is 62.5 Å². The molecule has 11 nitrogen and oxygen atoms in total. The Kier molecular flexibility index (Phi) is 6.85. The van der Waals surface area contributed by atoms with E-state index in [9.17, 15) is 9.18 Å². The van der Waals surface area contributed by atoms with E-state index < -0.39 is 11.6 Å². The predicted molar refractivity (Wildman–Crippen MR) is 179 cm³/mol. The van der Waals surface area contributed by atoms with Crippen LogP contribution in [-0.4, -0.2) is 87.6 Å². The molecule has 1 amide bonds. The van der Waals surface area contributed by atoms with Gasteiger partial charge in [0.25, 0.3) is 0 Å². The molecule has 0 spiro atoms. The third kappa shape index (κ3) is 4.42. The lowest BCUT2D eigenvalue weighted by Crippen LogP contribution is -2.63. The number of ether oxygens (including phenoxy) is 1. The van der Waals surface area contributed by atoms with E-state index >= 15 is 4.39 Å². The number of fused-ring (bicyclic) bond motifs is 4. The third-order valence-electron chi connectivity index (χ3n) is 10.8. The molecule has 5 aromatic rings. The molecule has 0 aliphatic carbocycles. The van der Waals surface area contributed by atoms with E-state index in [2.05, 4.69) is 14.8 Å². The van der Waals surface area contributed by atoms with Crippen LogP contribution in [0.1, 0.15) is 32.1 Å². The first-order chi connectivity index (χ1) is 23.3. The lowest BCUT2D eigenvalue weighted by atomic mass is 9.91. The van der Waals surface area contributed by atoms with Gasteiger partial charge in [0.1, 0.15) is 23.8 Å². The first-order valence-electron chi connectivity index (χ1n) is 16.4. The van der Waals surface area contributed by atoms with Crippen molar-refractivity contribution < 1.29 is 22.7 Å².